The monoisotopic (exact) mass is 317 g/mol. The number of nitrogens with zero attached hydrogens (tertiary/aromatic N) is 2. The average Bonchev–Trinajstić information content (AvgIpc) is 2.45. The van der Waals surface area contributed by atoms with Crippen LogP contribution in [0.25, 0.3) is 0 Å². The van der Waals surface area contributed by atoms with E-state index in [9.17, 15) is 4.79 Å². The number of rotatable bonds is 2. The quantitative estimate of drug-likeness (QED) is 0.921. The molecule has 1 aromatic carbocycles. The summed E-state index contributed by atoms with van der Waals surface area (Å²) in [6.07, 6.45) is 0.954. The summed E-state index contributed by atoms with van der Waals surface area (Å²) in [4.78, 5) is 20.8. The highest BCUT2D eigenvalue weighted by atomic mass is 35.5. The molecule has 0 fully saturated rings. The predicted octanol–water partition coefficient (Wildman–Crippen LogP) is 2.94. The topological polar surface area (TPSA) is 78.1 Å². The fourth-order valence-electron chi connectivity index (χ4n) is 3.09. The number of methoxy groups -OCH3 is 1. The number of benzene rings is 1. The van der Waals surface area contributed by atoms with Crippen molar-refractivity contribution < 1.29 is 9.53 Å². The van der Waals surface area contributed by atoms with E-state index in [2.05, 4.69) is 9.97 Å². The molecule has 6 heteroatoms. The van der Waals surface area contributed by atoms with Crippen LogP contribution in [0.5, 0.6) is 5.75 Å². The minimum absolute atomic E-state index is 0.0192. The Hall–Kier alpha value is -2.14. The highest BCUT2D eigenvalue weighted by Gasteiger charge is 2.32. The van der Waals surface area contributed by atoms with E-state index in [0.717, 1.165) is 5.56 Å². The Bertz CT molecular complexity index is 761. The van der Waals surface area contributed by atoms with Gasteiger partial charge in [-0.05, 0) is 25.5 Å². The summed E-state index contributed by atoms with van der Waals surface area (Å²) in [6, 6.07) is 5.48. The van der Waals surface area contributed by atoms with Crippen LogP contribution < -0.4 is 10.5 Å². The summed E-state index contributed by atoms with van der Waals surface area (Å²) >= 11 is 6.33. The number of aryl methyl sites for hydroxylation is 1. The zero-order valence-electron chi connectivity index (χ0n) is 12.4. The molecule has 0 amide bonds. The Kier molecular flexibility index (Phi) is 3.74. The molecule has 1 aliphatic carbocycles. The lowest BCUT2D eigenvalue weighted by Gasteiger charge is -2.26. The molecule has 5 nitrogen and oxygen atoms in total. The summed E-state index contributed by atoms with van der Waals surface area (Å²) < 4.78 is 5.40. The van der Waals surface area contributed by atoms with Gasteiger partial charge >= 0.3 is 0 Å². The number of hydrogen-bond donors (Lipinski definition) is 1. The number of hydrogen-bond acceptors (Lipinski definition) is 5. The maximum Gasteiger partial charge on any atom is 0.220 e. The predicted molar refractivity (Wildman–Crippen MR) is 84.6 cm³/mol. The third kappa shape index (κ3) is 2.41. The van der Waals surface area contributed by atoms with Gasteiger partial charge in [0.15, 0.2) is 5.78 Å². The van der Waals surface area contributed by atoms with E-state index in [4.69, 9.17) is 22.1 Å². The van der Waals surface area contributed by atoms with Crippen molar-refractivity contribution in [1.82, 2.24) is 9.97 Å². The first-order chi connectivity index (χ1) is 10.5. The summed E-state index contributed by atoms with van der Waals surface area (Å²) in [6.45, 7) is 1.78. The van der Waals surface area contributed by atoms with Crippen molar-refractivity contribution in [1.29, 1.82) is 0 Å². The number of aromatic nitrogens is 2. The van der Waals surface area contributed by atoms with Crippen molar-refractivity contribution in [2.24, 2.45) is 0 Å². The molecule has 114 valence electrons. The van der Waals surface area contributed by atoms with Gasteiger partial charge in [-0.15, -0.1) is 0 Å². The molecule has 1 unspecified atom stereocenters. The molecular weight excluding hydrogens is 302 g/mol. The first kappa shape index (κ1) is 14.8. The lowest BCUT2D eigenvalue weighted by atomic mass is 9.81. The molecule has 1 heterocycles. The van der Waals surface area contributed by atoms with E-state index in [1.165, 1.54) is 0 Å². The summed E-state index contributed by atoms with van der Waals surface area (Å²) in [7, 11) is 1.60. The number of ketones is 1. The number of nitrogens with two attached hydrogens (primary N) is 1. The second-order valence-corrected chi connectivity index (χ2v) is 5.78. The lowest BCUT2D eigenvalue weighted by molar-refractivity contribution is 0.0961. The first-order valence-corrected chi connectivity index (χ1v) is 7.37. The van der Waals surface area contributed by atoms with Crippen molar-refractivity contribution in [3.05, 3.63) is 45.7 Å². The van der Waals surface area contributed by atoms with Crippen molar-refractivity contribution in [2.45, 2.75) is 25.7 Å². The van der Waals surface area contributed by atoms with E-state index in [0.29, 0.717) is 40.6 Å². The number of ether oxygens (including phenoxy) is 1. The number of carbonyl (C=O) groups excluding carboxylic acids is 1. The molecule has 0 radical (unpaired) electrons. The zero-order chi connectivity index (χ0) is 15.9. The van der Waals surface area contributed by atoms with E-state index in [1.54, 1.807) is 20.1 Å². The molecule has 22 heavy (non-hydrogen) atoms. The summed E-state index contributed by atoms with van der Waals surface area (Å²) in [5.41, 5.74) is 8.48. The molecule has 1 atom stereocenters. The van der Waals surface area contributed by atoms with E-state index in [-0.39, 0.29) is 17.6 Å². The fourth-order valence-corrected chi connectivity index (χ4v) is 3.41. The smallest absolute Gasteiger partial charge is 0.220 e. The van der Waals surface area contributed by atoms with Crippen LogP contribution in [0.2, 0.25) is 5.02 Å². The van der Waals surface area contributed by atoms with Crippen molar-refractivity contribution >= 4 is 23.3 Å². The van der Waals surface area contributed by atoms with Crippen LogP contribution in [0.4, 0.5) is 5.95 Å². The number of fused-ring (bicyclic) bond motifs is 1. The summed E-state index contributed by atoms with van der Waals surface area (Å²) in [5, 5.41) is 0.597. The largest absolute Gasteiger partial charge is 0.496 e. The molecule has 2 aromatic rings. The molecular formula is C16H16ClN3O2. The number of Topliss-reactive ketones (excluding diaryl/α,β-unsaturated/α-hetero) is 1. The fraction of sp³-hybridized carbons (Fsp3) is 0.312. The lowest BCUT2D eigenvalue weighted by Crippen LogP contribution is -2.23. The Morgan fingerprint density at radius 1 is 1.32 bits per heavy atom. The Morgan fingerprint density at radius 3 is 2.82 bits per heavy atom. The number of anilines is 1. The van der Waals surface area contributed by atoms with E-state index < -0.39 is 0 Å². The summed E-state index contributed by atoms with van der Waals surface area (Å²) in [5.74, 6) is 0.825. The third-order valence-corrected chi connectivity index (χ3v) is 4.30. The Morgan fingerprint density at radius 2 is 2.09 bits per heavy atom. The van der Waals surface area contributed by atoms with Crippen LogP contribution in [-0.4, -0.2) is 22.9 Å². The van der Waals surface area contributed by atoms with E-state index >= 15 is 0 Å². The standard InChI is InChI=1S/C16H16ClN3O2/c1-8-14-11(20-16(18)19-8)6-9(7-12(14)21)15-10(17)4-3-5-13(15)22-2/h3-5,9H,6-7H2,1-2H3,(H2,18,19,20). The minimum Gasteiger partial charge on any atom is -0.496 e. The van der Waals surface area contributed by atoms with Crippen molar-refractivity contribution in [3.8, 4) is 5.75 Å². The highest BCUT2D eigenvalue weighted by molar-refractivity contribution is 6.31. The molecule has 1 aromatic heterocycles. The van der Waals surface area contributed by atoms with Crippen LogP contribution in [0.3, 0.4) is 0 Å². The normalized spacial score (nSPS) is 17.2. The zero-order valence-corrected chi connectivity index (χ0v) is 13.1. The Labute approximate surface area is 133 Å². The van der Waals surface area contributed by atoms with Crippen LogP contribution in [-0.2, 0) is 6.42 Å². The molecule has 2 N–H and O–H groups in total. The second kappa shape index (κ2) is 5.57. The number of carbonyl (C=O) groups is 1. The maximum absolute atomic E-state index is 12.5. The van der Waals surface area contributed by atoms with Crippen LogP contribution in [0.15, 0.2) is 18.2 Å². The van der Waals surface area contributed by atoms with Crippen molar-refractivity contribution in [3.63, 3.8) is 0 Å². The van der Waals surface area contributed by atoms with Gasteiger partial charge in [0.2, 0.25) is 5.95 Å². The van der Waals surface area contributed by atoms with Crippen LogP contribution >= 0.6 is 11.6 Å². The van der Waals surface area contributed by atoms with Crippen molar-refractivity contribution in [2.75, 3.05) is 12.8 Å². The highest BCUT2D eigenvalue weighted by Crippen LogP contribution is 2.40. The molecule has 0 saturated heterocycles. The van der Waals surface area contributed by atoms with Gasteiger partial charge in [-0.1, -0.05) is 17.7 Å². The van der Waals surface area contributed by atoms with Crippen LogP contribution in [0.1, 0.15) is 39.6 Å². The van der Waals surface area contributed by atoms with Gasteiger partial charge in [-0.3, -0.25) is 4.79 Å². The minimum atomic E-state index is -0.0719. The van der Waals surface area contributed by atoms with E-state index in [1.807, 2.05) is 12.1 Å². The van der Waals surface area contributed by atoms with Gasteiger partial charge in [-0.25, -0.2) is 9.97 Å². The van der Waals surface area contributed by atoms with Gasteiger partial charge in [0.05, 0.1) is 24.1 Å². The molecule has 0 bridgehead atoms. The first-order valence-electron chi connectivity index (χ1n) is 6.99. The van der Waals surface area contributed by atoms with Gasteiger partial charge in [0, 0.05) is 22.9 Å². The Balaban J connectivity index is 2.08. The van der Waals surface area contributed by atoms with Gasteiger partial charge < -0.3 is 10.5 Å². The van der Waals surface area contributed by atoms with Gasteiger partial charge in [0.1, 0.15) is 5.75 Å². The number of nitrogen functional groups attached to an aromatic ring is 1. The third-order valence-electron chi connectivity index (χ3n) is 3.97. The molecule has 0 aliphatic heterocycles. The molecule has 0 saturated carbocycles. The molecule has 0 spiro atoms. The van der Waals surface area contributed by atoms with Gasteiger partial charge in [0.25, 0.3) is 0 Å². The molecule has 3 rings (SSSR count). The average molecular weight is 318 g/mol. The van der Waals surface area contributed by atoms with Gasteiger partial charge in [-0.2, -0.15) is 0 Å². The maximum atomic E-state index is 12.5. The second-order valence-electron chi connectivity index (χ2n) is 5.37. The van der Waals surface area contributed by atoms with Crippen LogP contribution in [0, 0.1) is 6.92 Å². The SMILES string of the molecule is COc1cccc(Cl)c1C1CC(=O)c2c(C)nc(N)nc2C1. The number of halogens is 1. The molecule has 1 aliphatic rings.